The van der Waals surface area contributed by atoms with Crippen molar-refractivity contribution in [3.8, 4) is 0 Å². The first kappa shape index (κ1) is 23.1. The third kappa shape index (κ3) is 6.70. The number of hydrogen-bond acceptors (Lipinski definition) is 5. The zero-order valence-electron chi connectivity index (χ0n) is 17.7. The number of methoxy groups -OCH3 is 1. The lowest BCUT2D eigenvalue weighted by atomic mass is 9.82. The van der Waals surface area contributed by atoms with Crippen LogP contribution in [0.3, 0.4) is 0 Å². The van der Waals surface area contributed by atoms with Gasteiger partial charge in [-0.3, -0.25) is 9.59 Å². The summed E-state index contributed by atoms with van der Waals surface area (Å²) in [5.74, 6) is 0.601. The number of allylic oxidation sites excluding steroid dienone is 1. The molecule has 0 aromatic heterocycles. The van der Waals surface area contributed by atoms with Crippen molar-refractivity contribution in [1.29, 1.82) is 0 Å². The fourth-order valence-electron chi connectivity index (χ4n) is 4.67. The first-order chi connectivity index (χ1) is 13.3. The maximum atomic E-state index is 12.4. The smallest absolute Gasteiger partial charge is 0.305 e. The molecular weight excluding hydrogens is 356 g/mol. The number of esters is 1. The second-order valence-corrected chi connectivity index (χ2v) is 9.04. The van der Waals surface area contributed by atoms with Crippen LogP contribution in [0.15, 0.2) is 12.2 Å². The lowest BCUT2D eigenvalue weighted by Gasteiger charge is -2.24. The predicted molar refractivity (Wildman–Crippen MR) is 109 cm³/mol. The van der Waals surface area contributed by atoms with E-state index in [-0.39, 0.29) is 23.6 Å². The molecule has 0 aliphatic heterocycles. The summed E-state index contributed by atoms with van der Waals surface area (Å²) in [4.78, 5) is 23.7. The van der Waals surface area contributed by atoms with Gasteiger partial charge in [-0.25, -0.2) is 0 Å². The molecule has 6 atom stereocenters. The Morgan fingerprint density at radius 3 is 2.75 bits per heavy atom. The molecule has 2 aliphatic carbocycles. The van der Waals surface area contributed by atoms with Crippen molar-refractivity contribution in [1.82, 2.24) is 0 Å². The summed E-state index contributed by atoms with van der Waals surface area (Å²) in [5.41, 5.74) is -0.723. The van der Waals surface area contributed by atoms with Crippen molar-refractivity contribution >= 4 is 11.8 Å². The van der Waals surface area contributed by atoms with Crippen LogP contribution in [0, 0.1) is 23.7 Å². The van der Waals surface area contributed by atoms with Crippen molar-refractivity contribution in [3.63, 3.8) is 0 Å². The molecule has 5 heteroatoms. The molecule has 4 unspecified atom stereocenters. The summed E-state index contributed by atoms with van der Waals surface area (Å²) >= 11 is 0. The lowest BCUT2D eigenvalue weighted by Crippen LogP contribution is -2.29. The summed E-state index contributed by atoms with van der Waals surface area (Å²) in [6.07, 6.45) is 11.2. The van der Waals surface area contributed by atoms with Gasteiger partial charge in [0.2, 0.25) is 0 Å². The number of hydrogen-bond donors (Lipinski definition) is 2. The van der Waals surface area contributed by atoms with Gasteiger partial charge in [0.05, 0.1) is 24.7 Å². The summed E-state index contributed by atoms with van der Waals surface area (Å²) in [7, 11) is 1.41. The normalized spacial score (nSPS) is 30.4. The van der Waals surface area contributed by atoms with Crippen molar-refractivity contribution in [2.45, 2.75) is 89.8 Å². The number of aliphatic hydroxyl groups excluding tert-OH is 1. The first-order valence-electron chi connectivity index (χ1n) is 11.0. The number of ketones is 1. The van der Waals surface area contributed by atoms with E-state index >= 15 is 0 Å². The number of ether oxygens (including phenoxy) is 1. The van der Waals surface area contributed by atoms with Gasteiger partial charge in [0.1, 0.15) is 5.78 Å². The van der Waals surface area contributed by atoms with Gasteiger partial charge in [0, 0.05) is 12.8 Å². The minimum Gasteiger partial charge on any atom is -0.469 e. The number of aliphatic hydroxyl groups is 2. The Balaban J connectivity index is 1.96. The van der Waals surface area contributed by atoms with Gasteiger partial charge in [-0.2, -0.15) is 0 Å². The van der Waals surface area contributed by atoms with E-state index in [4.69, 9.17) is 4.74 Å². The monoisotopic (exact) mass is 394 g/mol. The van der Waals surface area contributed by atoms with Gasteiger partial charge in [-0.05, 0) is 63.2 Å². The standard InChI is InChI=1S/C23H38O5/c1-4-5-13-23(2,27)14-7-9-17(22-19(24)11-12-20(22)25)18-15-16(18)8-6-10-21(26)28-3/h7,9,16-19,22,24,27H,4-6,8,10-15H2,1-3H3/b9-7+/t16?,17?,18-,19?,22+,23?/m1/s1. The van der Waals surface area contributed by atoms with E-state index in [1.165, 1.54) is 7.11 Å². The quantitative estimate of drug-likeness (QED) is 0.388. The van der Waals surface area contributed by atoms with Crippen LogP contribution >= 0.6 is 0 Å². The van der Waals surface area contributed by atoms with Gasteiger partial charge in [-0.1, -0.05) is 31.9 Å². The van der Waals surface area contributed by atoms with Crippen LogP contribution in [0.25, 0.3) is 0 Å². The molecule has 0 aromatic rings. The fraction of sp³-hybridized carbons (Fsp3) is 0.826. The van der Waals surface area contributed by atoms with Crippen molar-refractivity contribution in [3.05, 3.63) is 12.2 Å². The molecule has 160 valence electrons. The van der Waals surface area contributed by atoms with E-state index in [9.17, 15) is 19.8 Å². The van der Waals surface area contributed by atoms with Gasteiger partial charge < -0.3 is 14.9 Å². The van der Waals surface area contributed by atoms with Gasteiger partial charge in [0.15, 0.2) is 0 Å². The molecule has 0 saturated heterocycles. The molecule has 5 nitrogen and oxygen atoms in total. The Labute approximate surface area is 169 Å². The zero-order valence-corrected chi connectivity index (χ0v) is 17.7. The zero-order chi connectivity index (χ0) is 20.7. The van der Waals surface area contributed by atoms with Crippen LogP contribution in [0.5, 0.6) is 0 Å². The van der Waals surface area contributed by atoms with Crippen molar-refractivity contribution in [2.75, 3.05) is 7.11 Å². The van der Waals surface area contributed by atoms with E-state index in [2.05, 4.69) is 13.0 Å². The Bertz CT molecular complexity index is 553. The van der Waals surface area contributed by atoms with E-state index in [0.717, 1.165) is 38.5 Å². The summed E-state index contributed by atoms with van der Waals surface area (Å²) in [6.45, 7) is 3.98. The van der Waals surface area contributed by atoms with E-state index in [1.807, 2.05) is 13.0 Å². The van der Waals surface area contributed by atoms with Crippen molar-refractivity contribution < 1.29 is 24.5 Å². The highest BCUT2D eigenvalue weighted by molar-refractivity contribution is 5.84. The third-order valence-electron chi connectivity index (χ3n) is 6.53. The van der Waals surface area contributed by atoms with Crippen LogP contribution < -0.4 is 0 Å². The topological polar surface area (TPSA) is 83.8 Å². The number of unbranched alkanes of at least 4 members (excludes halogenated alkanes) is 1. The molecule has 0 spiro atoms. The molecule has 2 saturated carbocycles. The molecule has 2 N–H and O–H groups in total. The predicted octanol–water partition coefficient (Wildman–Crippen LogP) is 3.81. The molecule has 2 rings (SSSR count). The molecule has 0 radical (unpaired) electrons. The largest absolute Gasteiger partial charge is 0.469 e. The molecule has 0 aromatic carbocycles. The number of carbonyl (C=O) groups is 2. The Morgan fingerprint density at radius 1 is 1.39 bits per heavy atom. The van der Waals surface area contributed by atoms with Gasteiger partial charge in [0.25, 0.3) is 0 Å². The molecule has 2 aliphatic rings. The second kappa shape index (κ2) is 10.5. The van der Waals surface area contributed by atoms with Crippen LogP contribution in [0.4, 0.5) is 0 Å². The lowest BCUT2D eigenvalue weighted by molar-refractivity contribution is -0.140. The Morgan fingerprint density at radius 2 is 2.14 bits per heavy atom. The average molecular weight is 395 g/mol. The van der Waals surface area contributed by atoms with Gasteiger partial charge in [-0.15, -0.1) is 0 Å². The molecule has 28 heavy (non-hydrogen) atoms. The molecular formula is C23H38O5. The fourth-order valence-corrected chi connectivity index (χ4v) is 4.67. The number of rotatable bonds is 12. The second-order valence-electron chi connectivity index (χ2n) is 9.04. The van der Waals surface area contributed by atoms with Crippen LogP contribution in [-0.2, 0) is 14.3 Å². The van der Waals surface area contributed by atoms with Crippen LogP contribution in [-0.4, -0.2) is 40.8 Å². The number of Topliss-reactive ketones (excluding diaryl/α,β-unsaturated/α-hetero) is 1. The Kier molecular flexibility index (Phi) is 8.69. The highest BCUT2D eigenvalue weighted by Gasteiger charge is 2.49. The first-order valence-corrected chi connectivity index (χ1v) is 11.0. The number of carbonyl (C=O) groups excluding carboxylic acids is 2. The highest BCUT2D eigenvalue weighted by Crippen LogP contribution is 2.52. The van der Waals surface area contributed by atoms with E-state index in [0.29, 0.717) is 37.5 Å². The summed E-state index contributed by atoms with van der Waals surface area (Å²) in [5, 5.41) is 20.9. The molecule has 0 heterocycles. The molecule has 0 bridgehead atoms. The average Bonchev–Trinajstić information content (AvgIpc) is 3.34. The van der Waals surface area contributed by atoms with Gasteiger partial charge >= 0.3 is 5.97 Å². The van der Waals surface area contributed by atoms with Crippen LogP contribution in [0.1, 0.15) is 78.1 Å². The molecule has 2 fully saturated rings. The van der Waals surface area contributed by atoms with E-state index < -0.39 is 11.7 Å². The summed E-state index contributed by atoms with van der Waals surface area (Å²) < 4.78 is 4.70. The minimum absolute atomic E-state index is 0.0371. The highest BCUT2D eigenvalue weighted by atomic mass is 16.5. The minimum atomic E-state index is -0.723. The van der Waals surface area contributed by atoms with Crippen molar-refractivity contribution in [2.24, 2.45) is 23.7 Å². The third-order valence-corrected chi connectivity index (χ3v) is 6.53. The van der Waals surface area contributed by atoms with E-state index in [1.54, 1.807) is 0 Å². The Hall–Kier alpha value is -1.20. The molecule has 0 amide bonds. The summed E-state index contributed by atoms with van der Waals surface area (Å²) in [6, 6.07) is 0. The SMILES string of the molecule is CCCCC(C)(O)C/C=C/C([C@@H]1CC1CCCC(=O)OC)[C@@H]1C(=O)CCC1O. The maximum Gasteiger partial charge on any atom is 0.305 e. The maximum absolute atomic E-state index is 12.4. The van der Waals surface area contributed by atoms with Crippen LogP contribution in [0.2, 0.25) is 0 Å².